The lowest BCUT2D eigenvalue weighted by atomic mass is 9.80. The van der Waals surface area contributed by atoms with Gasteiger partial charge in [0.1, 0.15) is 6.33 Å². The van der Waals surface area contributed by atoms with Crippen molar-refractivity contribution in [2.75, 3.05) is 39.9 Å². The number of methoxy groups -OCH3 is 1. The second kappa shape index (κ2) is 10.7. The highest BCUT2D eigenvalue weighted by atomic mass is 16.5. The first-order chi connectivity index (χ1) is 14.7. The zero-order valence-electron chi connectivity index (χ0n) is 18.5. The topological polar surface area (TPSA) is 76.4 Å². The SMILES string of the molecule is COCCN(C[C@@H]1CCCN2CCCC[C@@H]12)C(=O)C1CCC(Cn2cnnn2)CC1. The van der Waals surface area contributed by atoms with Crippen molar-refractivity contribution < 1.29 is 9.53 Å². The molecule has 0 aromatic carbocycles. The Morgan fingerprint density at radius 1 is 1.10 bits per heavy atom. The summed E-state index contributed by atoms with van der Waals surface area (Å²) in [7, 11) is 1.73. The maximum absolute atomic E-state index is 13.5. The number of hydrogen-bond acceptors (Lipinski definition) is 6. The van der Waals surface area contributed by atoms with Crippen molar-refractivity contribution in [2.24, 2.45) is 17.8 Å². The first kappa shape index (κ1) is 21.7. The highest BCUT2D eigenvalue weighted by Crippen LogP contribution is 2.34. The van der Waals surface area contributed by atoms with E-state index in [1.54, 1.807) is 13.4 Å². The van der Waals surface area contributed by atoms with Gasteiger partial charge in [0.15, 0.2) is 0 Å². The van der Waals surface area contributed by atoms with Crippen LogP contribution in [-0.2, 0) is 16.1 Å². The van der Waals surface area contributed by atoms with Crippen molar-refractivity contribution in [3.8, 4) is 0 Å². The average Bonchev–Trinajstić information content (AvgIpc) is 3.30. The maximum Gasteiger partial charge on any atom is 0.225 e. The number of amides is 1. The van der Waals surface area contributed by atoms with E-state index in [-0.39, 0.29) is 5.92 Å². The van der Waals surface area contributed by atoms with Gasteiger partial charge in [-0.2, -0.15) is 0 Å². The molecule has 2 saturated heterocycles. The van der Waals surface area contributed by atoms with Crippen LogP contribution in [0.25, 0.3) is 0 Å². The highest BCUT2D eigenvalue weighted by Gasteiger charge is 2.36. The number of piperidine rings is 2. The Hall–Kier alpha value is -1.54. The van der Waals surface area contributed by atoms with E-state index in [1.807, 2.05) is 4.68 Å². The molecule has 3 heterocycles. The van der Waals surface area contributed by atoms with Crippen molar-refractivity contribution in [1.29, 1.82) is 0 Å². The fourth-order valence-corrected chi connectivity index (χ4v) is 5.94. The summed E-state index contributed by atoms with van der Waals surface area (Å²) in [6.45, 7) is 5.62. The third-order valence-electron chi connectivity index (χ3n) is 7.59. The number of fused-ring (bicyclic) bond motifs is 1. The summed E-state index contributed by atoms with van der Waals surface area (Å²) < 4.78 is 7.17. The second-order valence-corrected chi connectivity index (χ2v) is 9.53. The molecular weight excluding hydrogens is 380 g/mol. The van der Waals surface area contributed by atoms with Crippen LogP contribution < -0.4 is 0 Å². The molecule has 1 amide bonds. The molecule has 0 unspecified atom stereocenters. The molecule has 1 saturated carbocycles. The Morgan fingerprint density at radius 3 is 2.70 bits per heavy atom. The fraction of sp³-hybridized carbons (Fsp3) is 0.909. The molecule has 1 aliphatic carbocycles. The maximum atomic E-state index is 13.5. The van der Waals surface area contributed by atoms with Crippen molar-refractivity contribution in [3.63, 3.8) is 0 Å². The van der Waals surface area contributed by atoms with Gasteiger partial charge in [-0.25, -0.2) is 4.68 Å². The number of carbonyl (C=O) groups excluding carboxylic acids is 1. The van der Waals surface area contributed by atoms with E-state index in [9.17, 15) is 4.79 Å². The summed E-state index contributed by atoms with van der Waals surface area (Å²) in [6, 6.07) is 0.678. The number of tetrazole rings is 1. The zero-order valence-corrected chi connectivity index (χ0v) is 18.5. The normalized spacial score (nSPS) is 30.0. The number of nitrogens with zero attached hydrogens (tertiary/aromatic N) is 6. The lowest BCUT2D eigenvalue weighted by Gasteiger charge is -2.46. The molecule has 4 rings (SSSR count). The molecule has 3 fully saturated rings. The molecule has 3 aliphatic rings. The van der Waals surface area contributed by atoms with E-state index in [1.165, 1.54) is 45.2 Å². The number of rotatable bonds is 8. The quantitative estimate of drug-likeness (QED) is 0.644. The number of carbonyl (C=O) groups is 1. The van der Waals surface area contributed by atoms with Crippen LogP contribution in [0.5, 0.6) is 0 Å². The minimum absolute atomic E-state index is 0.165. The van der Waals surface area contributed by atoms with Gasteiger partial charge >= 0.3 is 0 Å². The minimum atomic E-state index is 0.165. The molecule has 2 atom stereocenters. The Morgan fingerprint density at radius 2 is 1.93 bits per heavy atom. The lowest BCUT2D eigenvalue weighted by Crippen LogP contribution is -2.52. The van der Waals surface area contributed by atoms with Gasteiger partial charge in [0.05, 0.1) is 6.61 Å². The van der Waals surface area contributed by atoms with Crippen LogP contribution in [-0.4, -0.2) is 81.9 Å². The fourth-order valence-electron chi connectivity index (χ4n) is 5.94. The largest absolute Gasteiger partial charge is 0.383 e. The van der Waals surface area contributed by atoms with Crippen molar-refractivity contribution in [2.45, 2.75) is 70.4 Å². The molecule has 0 N–H and O–H groups in total. The minimum Gasteiger partial charge on any atom is -0.383 e. The Labute approximate surface area is 180 Å². The number of ether oxygens (including phenoxy) is 1. The molecule has 168 valence electrons. The number of aromatic nitrogens is 4. The molecule has 30 heavy (non-hydrogen) atoms. The van der Waals surface area contributed by atoms with E-state index < -0.39 is 0 Å². The predicted octanol–water partition coefficient (Wildman–Crippen LogP) is 2.22. The molecule has 1 aromatic rings. The van der Waals surface area contributed by atoms with Crippen LogP contribution in [0.1, 0.15) is 57.8 Å². The van der Waals surface area contributed by atoms with Crippen molar-refractivity contribution in [3.05, 3.63) is 6.33 Å². The van der Waals surface area contributed by atoms with Crippen LogP contribution >= 0.6 is 0 Å². The van der Waals surface area contributed by atoms with E-state index in [0.29, 0.717) is 30.4 Å². The third kappa shape index (κ3) is 5.38. The van der Waals surface area contributed by atoms with Crippen molar-refractivity contribution in [1.82, 2.24) is 30.0 Å². The molecule has 0 bridgehead atoms. The van der Waals surface area contributed by atoms with E-state index in [2.05, 4.69) is 25.3 Å². The first-order valence-corrected chi connectivity index (χ1v) is 12.0. The summed E-state index contributed by atoms with van der Waals surface area (Å²) in [5.41, 5.74) is 0. The highest BCUT2D eigenvalue weighted by molar-refractivity contribution is 5.79. The van der Waals surface area contributed by atoms with Crippen LogP contribution in [0, 0.1) is 17.8 Å². The predicted molar refractivity (Wildman–Crippen MR) is 114 cm³/mol. The van der Waals surface area contributed by atoms with Gasteiger partial charge in [-0.15, -0.1) is 5.10 Å². The van der Waals surface area contributed by atoms with Gasteiger partial charge in [0, 0.05) is 38.7 Å². The molecule has 2 aliphatic heterocycles. The Bertz CT molecular complexity index is 644. The zero-order chi connectivity index (χ0) is 20.8. The lowest BCUT2D eigenvalue weighted by molar-refractivity contribution is -0.139. The standard InChI is InChI=1S/C22H38N6O2/c1-30-14-13-27(16-20-5-4-12-26-11-3-2-6-21(20)26)22(29)19-9-7-18(8-10-19)15-28-17-23-24-25-28/h17-21H,2-16H2,1H3/t18?,19?,20-,21-/m0/s1. The van der Waals surface area contributed by atoms with Crippen LogP contribution in [0.2, 0.25) is 0 Å². The summed E-state index contributed by atoms with van der Waals surface area (Å²) in [5.74, 6) is 1.72. The van der Waals surface area contributed by atoms with Crippen LogP contribution in [0.15, 0.2) is 6.33 Å². The molecule has 1 aromatic heterocycles. The van der Waals surface area contributed by atoms with Gasteiger partial charge in [-0.05, 0) is 86.7 Å². The second-order valence-electron chi connectivity index (χ2n) is 9.53. The molecule has 8 heteroatoms. The summed E-state index contributed by atoms with van der Waals surface area (Å²) in [6.07, 6.45) is 12.3. The van der Waals surface area contributed by atoms with Crippen molar-refractivity contribution >= 4 is 5.91 Å². The van der Waals surface area contributed by atoms with Gasteiger partial charge in [-0.3, -0.25) is 4.79 Å². The van der Waals surface area contributed by atoms with Gasteiger partial charge < -0.3 is 14.5 Å². The van der Waals surface area contributed by atoms with E-state index in [0.717, 1.165) is 45.3 Å². The smallest absolute Gasteiger partial charge is 0.225 e. The molecular formula is C22H38N6O2. The molecule has 8 nitrogen and oxygen atoms in total. The van der Waals surface area contributed by atoms with Crippen LogP contribution in [0.4, 0.5) is 0 Å². The third-order valence-corrected chi connectivity index (χ3v) is 7.59. The van der Waals surface area contributed by atoms with Gasteiger partial charge in [0.25, 0.3) is 0 Å². The summed E-state index contributed by atoms with van der Waals surface area (Å²) in [5, 5.41) is 11.4. The first-order valence-electron chi connectivity index (χ1n) is 12.0. The Balaban J connectivity index is 1.33. The molecule has 0 spiro atoms. The average molecular weight is 419 g/mol. The summed E-state index contributed by atoms with van der Waals surface area (Å²) in [4.78, 5) is 18.3. The van der Waals surface area contributed by atoms with Crippen LogP contribution in [0.3, 0.4) is 0 Å². The van der Waals surface area contributed by atoms with Gasteiger partial charge in [0.2, 0.25) is 5.91 Å². The Kier molecular flexibility index (Phi) is 7.71. The number of hydrogen-bond donors (Lipinski definition) is 0. The molecule has 0 radical (unpaired) electrons. The van der Waals surface area contributed by atoms with Gasteiger partial charge in [-0.1, -0.05) is 6.42 Å². The van der Waals surface area contributed by atoms with E-state index in [4.69, 9.17) is 4.74 Å². The van der Waals surface area contributed by atoms with E-state index >= 15 is 0 Å². The monoisotopic (exact) mass is 418 g/mol. The summed E-state index contributed by atoms with van der Waals surface area (Å²) >= 11 is 0.